The maximum atomic E-state index is 13.5. The van der Waals surface area contributed by atoms with Gasteiger partial charge >= 0.3 is 0 Å². The minimum atomic E-state index is -0.467. The number of rotatable bonds is 5. The molecule has 0 bridgehead atoms. The molecule has 0 atom stereocenters. The maximum Gasteiger partial charge on any atom is 0.255 e. The second-order valence-corrected chi connectivity index (χ2v) is 4.45. The number of methoxy groups -OCH3 is 1. The average Bonchev–Trinajstić information content (AvgIpc) is 2.50. The Morgan fingerprint density at radius 3 is 2.76 bits per heavy atom. The number of amides is 1. The summed E-state index contributed by atoms with van der Waals surface area (Å²) in [4.78, 5) is 12.2. The van der Waals surface area contributed by atoms with Crippen LogP contribution in [0.3, 0.4) is 0 Å². The minimum absolute atomic E-state index is 0.156. The molecule has 2 rings (SSSR count). The third-order valence-electron chi connectivity index (χ3n) is 3.03. The highest BCUT2D eigenvalue weighted by Gasteiger charge is 2.11. The number of hydrogen-bond acceptors (Lipinski definition) is 2. The summed E-state index contributed by atoms with van der Waals surface area (Å²) in [7, 11) is 1.57. The van der Waals surface area contributed by atoms with E-state index in [0.29, 0.717) is 17.7 Å². The Morgan fingerprint density at radius 1 is 1.33 bits per heavy atom. The fourth-order valence-corrected chi connectivity index (χ4v) is 1.99. The van der Waals surface area contributed by atoms with Crippen molar-refractivity contribution in [1.82, 2.24) is 0 Å². The number of ether oxygens (including phenoxy) is 1. The second-order valence-electron chi connectivity index (χ2n) is 4.45. The van der Waals surface area contributed by atoms with E-state index >= 15 is 0 Å². The average molecular weight is 285 g/mol. The van der Waals surface area contributed by atoms with Gasteiger partial charge in [-0.1, -0.05) is 18.2 Å². The SMILES string of the molecule is C=CCc1cc(C(=O)Nc2ccccc2F)ccc1OC. The van der Waals surface area contributed by atoms with E-state index < -0.39 is 5.82 Å². The van der Waals surface area contributed by atoms with E-state index in [1.165, 1.54) is 12.1 Å². The molecule has 0 unspecified atom stereocenters. The lowest BCUT2D eigenvalue weighted by Crippen LogP contribution is -2.13. The number of halogens is 1. The summed E-state index contributed by atoms with van der Waals surface area (Å²) in [6.07, 6.45) is 2.32. The zero-order valence-electron chi connectivity index (χ0n) is 11.7. The summed E-state index contributed by atoms with van der Waals surface area (Å²) >= 11 is 0. The van der Waals surface area contributed by atoms with Crippen LogP contribution in [0.4, 0.5) is 10.1 Å². The van der Waals surface area contributed by atoms with Gasteiger partial charge in [0.2, 0.25) is 0 Å². The van der Waals surface area contributed by atoms with Crippen LogP contribution in [-0.2, 0) is 6.42 Å². The van der Waals surface area contributed by atoms with Gasteiger partial charge in [0.1, 0.15) is 11.6 Å². The van der Waals surface area contributed by atoms with Crippen molar-refractivity contribution >= 4 is 11.6 Å². The van der Waals surface area contributed by atoms with Crippen molar-refractivity contribution in [3.8, 4) is 5.75 Å². The molecule has 0 aliphatic rings. The Balaban J connectivity index is 2.25. The molecule has 2 aromatic carbocycles. The summed E-state index contributed by atoms with van der Waals surface area (Å²) in [5.41, 5.74) is 1.45. The number of carbonyl (C=O) groups is 1. The van der Waals surface area contributed by atoms with Crippen LogP contribution in [0.1, 0.15) is 15.9 Å². The molecule has 0 aromatic heterocycles. The molecule has 0 aliphatic heterocycles. The normalized spacial score (nSPS) is 10.0. The van der Waals surface area contributed by atoms with Crippen molar-refractivity contribution in [3.63, 3.8) is 0 Å². The van der Waals surface area contributed by atoms with E-state index in [2.05, 4.69) is 11.9 Å². The van der Waals surface area contributed by atoms with Crippen LogP contribution in [-0.4, -0.2) is 13.0 Å². The monoisotopic (exact) mass is 285 g/mol. The zero-order chi connectivity index (χ0) is 15.2. The van der Waals surface area contributed by atoms with Crippen molar-refractivity contribution in [2.45, 2.75) is 6.42 Å². The molecule has 0 fully saturated rings. The van der Waals surface area contributed by atoms with Crippen molar-refractivity contribution < 1.29 is 13.9 Å². The van der Waals surface area contributed by atoms with Gasteiger partial charge in [-0.2, -0.15) is 0 Å². The molecule has 1 N–H and O–H groups in total. The Hall–Kier alpha value is -2.62. The number of hydrogen-bond donors (Lipinski definition) is 1. The van der Waals surface area contributed by atoms with Crippen molar-refractivity contribution in [3.05, 3.63) is 72.1 Å². The van der Waals surface area contributed by atoms with Gasteiger partial charge in [0, 0.05) is 5.56 Å². The summed E-state index contributed by atoms with van der Waals surface area (Å²) in [5.74, 6) is -0.143. The molecule has 0 saturated carbocycles. The minimum Gasteiger partial charge on any atom is -0.496 e. The number of benzene rings is 2. The highest BCUT2D eigenvalue weighted by Crippen LogP contribution is 2.22. The Morgan fingerprint density at radius 2 is 2.10 bits per heavy atom. The molecule has 0 radical (unpaired) electrons. The van der Waals surface area contributed by atoms with Crippen LogP contribution in [0.5, 0.6) is 5.75 Å². The summed E-state index contributed by atoms with van der Waals surface area (Å²) < 4.78 is 18.8. The number of carbonyl (C=O) groups excluding carboxylic acids is 1. The molecule has 1 amide bonds. The molecule has 4 heteroatoms. The van der Waals surface area contributed by atoms with E-state index in [0.717, 1.165) is 5.56 Å². The Kier molecular flexibility index (Phi) is 4.72. The third kappa shape index (κ3) is 3.48. The van der Waals surface area contributed by atoms with Crippen LogP contribution in [0.15, 0.2) is 55.1 Å². The molecule has 3 nitrogen and oxygen atoms in total. The summed E-state index contributed by atoms with van der Waals surface area (Å²) in [5, 5.41) is 2.55. The highest BCUT2D eigenvalue weighted by molar-refractivity contribution is 6.04. The van der Waals surface area contributed by atoms with Gasteiger partial charge in [-0.3, -0.25) is 4.79 Å². The van der Waals surface area contributed by atoms with Crippen LogP contribution in [0.25, 0.3) is 0 Å². The van der Waals surface area contributed by atoms with E-state index in [-0.39, 0.29) is 11.6 Å². The van der Waals surface area contributed by atoms with Crippen molar-refractivity contribution in [2.24, 2.45) is 0 Å². The Bertz CT molecular complexity index is 668. The van der Waals surface area contributed by atoms with E-state index in [1.807, 2.05) is 0 Å². The predicted octanol–water partition coefficient (Wildman–Crippen LogP) is 3.82. The quantitative estimate of drug-likeness (QED) is 0.848. The molecule has 0 heterocycles. The first kappa shape index (κ1) is 14.8. The molecular weight excluding hydrogens is 269 g/mol. The maximum absolute atomic E-state index is 13.5. The molecular formula is C17H16FNO2. The van der Waals surface area contributed by atoms with E-state index in [1.54, 1.807) is 43.5 Å². The van der Waals surface area contributed by atoms with Crippen LogP contribution in [0.2, 0.25) is 0 Å². The van der Waals surface area contributed by atoms with E-state index in [9.17, 15) is 9.18 Å². The molecule has 0 saturated heterocycles. The smallest absolute Gasteiger partial charge is 0.255 e. The third-order valence-corrected chi connectivity index (χ3v) is 3.03. The number of allylic oxidation sites excluding steroid dienone is 1. The fourth-order valence-electron chi connectivity index (χ4n) is 1.99. The first-order valence-electron chi connectivity index (χ1n) is 6.49. The highest BCUT2D eigenvalue weighted by atomic mass is 19.1. The van der Waals surface area contributed by atoms with E-state index in [4.69, 9.17) is 4.74 Å². The lowest BCUT2D eigenvalue weighted by atomic mass is 10.1. The summed E-state index contributed by atoms with van der Waals surface area (Å²) in [6.45, 7) is 3.68. The lowest BCUT2D eigenvalue weighted by molar-refractivity contribution is 0.102. The topological polar surface area (TPSA) is 38.3 Å². The Labute approximate surface area is 123 Å². The van der Waals surface area contributed by atoms with Gasteiger partial charge in [-0.05, 0) is 42.3 Å². The first-order chi connectivity index (χ1) is 10.2. The van der Waals surface area contributed by atoms with Crippen LogP contribution >= 0.6 is 0 Å². The number of anilines is 1. The molecule has 0 aliphatic carbocycles. The number of nitrogens with one attached hydrogen (secondary N) is 1. The van der Waals surface area contributed by atoms with Gasteiger partial charge in [0.15, 0.2) is 0 Å². The summed E-state index contributed by atoms with van der Waals surface area (Å²) in [6, 6.07) is 11.1. The largest absolute Gasteiger partial charge is 0.496 e. The van der Waals surface area contributed by atoms with Crippen molar-refractivity contribution in [1.29, 1.82) is 0 Å². The first-order valence-corrected chi connectivity index (χ1v) is 6.49. The van der Waals surface area contributed by atoms with Crippen LogP contribution in [0, 0.1) is 5.82 Å². The number of para-hydroxylation sites is 1. The van der Waals surface area contributed by atoms with Gasteiger partial charge < -0.3 is 10.1 Å². The van der Waals surface area contributed by atoms with Gasteiger partial charge in [0.25, 0.3) is 5.91 Å². The fraction of sp³-hybridized carbons (Fsp3) is 0.118. The van der Waals surface area contributed by atoms with Gasteiger partial charge in [-0.15, -0.1) is 6.58 Å². The van der Waals surface area contributed by atoms with Gasteiger partial charge in [-0.25, -0.2) is 4.39 Å². The predicted molar refractivity (Wildman–Crippen MR) is 81.2 cm³/mol. The van der Waals surface area contributed by atoms with Crippen molar-refractivity contribution in [2.75, 3.05) is 12.4 Å². The zero-order valence-corrected chi connectivity index (χ0v) is 11.7. The van der Waals surface area contributed by atoms with Crippen LogP contribution < -0.4 is 10.1 Å². The molecule has 2 aromatic rings. The van der Waals surface area contributed by atoms with Gasteiger partial charge in [0.05, 0.1) is 12.8 Å². The lowest BCUT2D eigenvalue weighted by Gasteiger charge is -2.10. The molecule has 21 heavy (non-hydrogen) atoms. The second kappa shape index (κ2) is 6.70. The standard InChI is InChI=1S/C17H16FNO2/c1-3-6-12-11-13(9-10-16(12)21-2)17(20)19-15-8-5-4-7-14(15)18/h3-5,7-11H,1,6H2,2H3,(H,19,20). The molecule has 108 valence electrons. The molecule has 0 spiro atoms.